The van der Waals surface area contributed by atoms with E-state index in [2.05, 4.69) is 22.5 Å². The van der Waals surface area contributed by atoms with Crippen LogP contribution in [0.15, 0.2) is 18.3 Å². The Bertz CT molecular complexity index is 451. The van der Waals surface area contributed by atoms with Gasteiger partial charge in [-0.05, 0) is 37.9 Å². The van der Waals surface area contributed by atoms with E-state index >= 15 is 0 Å². The SMILES string of the molecule is CCCC1(C(=O)Nc2cccnc2OC)CCCNC1. The molecule has 0 aliphatic carbocycles. The number of nitrogens with one attached hydrogen (secondary N) is 2. The van der Waals surface area contributed by atoms with Gasteiger partial charge in [-0.25, -0.2) is 4.98 Å². The number of aromatic nitrogens is 1. The maximum Gasteiger partial charge on any atom is 0.237 e. The van der Waals surface area contributed by atoms with Gasteiger partial charge in [-0.1, -0.05) is 13.3 Å². The number of carbonyl (C=O) groups excluding carboxylic acids is 1. The lowest BCUT2D eigenvalue weighted by atomic mass is 9.76. The van der Waals surface area contributed by atoms with Gasteiger partial charge in [0.25, 0.3) is 0 Å². The van der Waals surface area contributed by atoms with Gasteiger partial charge in [-0.2, -0.15) is 0 Å². The van der Waals surface area contributed by atoms with Crippen LogP contribution in [-0.2, 0) is 4.79 Å². The van der Waals surface area contributed by atoms with Crippen LogP contribution >= 0.6 is 0 Å². The van der Waals surface area contributed by atoms with E-state index in [1.807, 2.05) is 6.07 Å². The largest absolute Gasteiger partial charge is 0.480 e. The molecule has 0 saturated carbocycles. The van der Waals surface area contributed by atoms with Crippen LogP contribution in [0.1, 0.15) is 32.6 Å². The zero-order chi connectivity index (χ0) is 14.4. The van der Waals surface area contributed by atoms with E-state index in [1.54, 1.807) is 19.4 Å². The molecule has 1 aliphatic heterocycles. The van der Waals surface area contributed by atoms with Gasteiger partial charge in [0.1, 0.15) is 5.69 Å². The van der Waals surface area contributed by atoms with Crippen LogP contribution in [0.25, 0.3) is 0 Å². The van der Waals surface area contributed by atoms with Crippen molar-refractivity contribution in [3.05, 3.63) is 18.3 Å². The minimum Gasteiger partial charge on any atom is -0.480 e. The number of rotatable bonds is 5. The molecule has 0 bridgehead atoms. The number of ether oxygens (including phenoxy) is 1. The zero-order valence-electron chi connectivity index (χ0n) is 12.2. The second-order valence-corrected chi connectivity index (χ2v) is 5.33. The third-order valence-electron chi connectivity index (χ3n) is 3.90. The summed E-state index contributed by atoms with van der Waals surface area (Å²) in [6, 6.07) is 3.61. The molecule has 1 amide bonds. The quantitative estimate of drug-likeness (QED) is 0.866. The number of amides is 1. The fraction of sp³-hybridized carbons (Fsp3) is 0.600. The van der Waals surface area contributed by atoms with Gasteiger partial charge >= 0.3 is 0 Å². The summed E-state index contributed by atoms with van der Waals surface area (Å²) in [6.07, 6.45) is 5.52. The average Bonchev–Trinajstić information content (AvgIpc) is 2.49. The fourth-order valence-corrected chi connectivity index (χ4v) is 2.87. The highest BCUT2D eigenvalue weighted by atomic mass is 16.5. The van der Waals surface area contributed by atoms with Crippen LogP contribution in [0.4, 0.5) is 5.69 Å². The molecule has 110 valence electrons. The molecule has 2 rings (SSSR count). The smallest absolute Gasteiger partial charge is 0.237 e. The van der Waals surface area contributed by atoms with E-state index in [0.29, 0.717) is 11.6 Å². The lowest BCUT2D eigenvalue weighted by Crippen LogP contribution is -2.48. The molecule has 1 aromatic rings. The highest BCUT2D eigenvalue weighted by molar-refractivity contribution is 5.96. The van der Waals surface area contributed by atoms with Gasteiger partial charge in [-0.15, -0.1) is 0 Å². The number of methoxy groups -OCH3 is 1. The van der Waals surface area contributed by atoms with Crippen molar-refractivity contribution in [1.82, 2.24) is 10.3 Å². The van der Waals surface area contributed by atoms with Crippen molar-refractivity contribution in [3.63, 3.8) is 0 Å². The van der Waals surface area contributed by atoms with Gasteiger partial charge in [-0.3, -0.25) is 4.79 Å². The first kappa shape index (κ1) is 14.8. The lowest BCUT2D eigenvalue weighted by molar-refractivity contribution is -0.127. The molecule has 1 aliphatic rings. The predicted octanol–water partition coefficient (Wildman–Crippen LogP) is 2.20. The van der Waals surface area contributed by atoms with Crippen molar-refractivity contribution in [2.45, 2.75) is 32.6 Å². The Morgan fingerprint density at radius 1 is 1.60 bits per heavy atom. The highest BCUT2D eigenvalue weighted by Crippen LogP contribution is 2.34. The van der Waals surface area contributed by atoms with Crippen LogP contribution in [0.5, 0.6) is 5.88 Å². The summed E-state index contributed by atoms with van der Waals surface area (Å²) in [4.78, 5) is 16.8. The number of anilines is 1. The average molecular weight is 277 g/mol. The van der Waals surface area contributed by atoms with E-state index in [-0.39, 0.29) is 11.3 Å². The summed E-state index contributed by atoms with van der Waals surface area (Å²) in [7, 11) is 1.56. The molecular formula is C15H23N3O2. The zero-order valence-corrected chi connectivity index (χ0v) is 12.2. The standard InChI is InChI=1S/C15H23N3O2/c1-3-7-15(8-5-9-16-11-15)14(19)18-12-6-4-10-17-13(12)20-2/h4,6,10,16H,3,5,7-9,11H2,1-2H3,(H,18,19). The van der Waals surface area contributed by atoms with Crippen LogP contribution in [-0.4, -0.2) is 31.1 Å². The van der Waals surface area contributed by atoms with E-state index in [9.17, 15) is 4.79 Å². The maximum atomic E-state index is 12.7. The number of hydrogen-bond acceptors (Lipinski definition) is 4. The minimum absolute atomic E-state index is 0.0675. The molecule has 5 heteroatoms. The Morgan fingerprint density at radius 2 is 2.45 bits per heavy atom. The van der Waals surface area contributed by atoms with Gasteiger partial charge in [0, 0.05) is 12.7 Å². The summed E-state index contributed by atoms with van der Waals surface area (Å²) in [5.74, 6) is 0.522. The third kappa shape index (κ3) is 3.10. The number of hydrogen-bond donors (Lipinski definition) is 2. The van der Waals surface area contributed by atoms with Crippen LogP contribution in [0, 0.1) is 5.41 Å². The first-order valence-electron chi connectivity index (χ1n) is 7.23. The summed E-state index contributed by atoms with van der Waals surface area (Å²) in [6.45, 7) is 3.86. The highest BCUT2D eigenvalue weighted by Gasteiger charge is 2.38. The van der Waals surface area contributed by atoms with Crippen molar-refractivity contribution in [3.8, 4) is 5.88 Å². The molecule has 0 spiro atoms. The van der Waals surface area contributed by atoms with Crippen molar-refractivity contribution >= 4 is 11.6 Å². The Hall–Kier alpha value is -1.62. The molecule has 1 unspecified atom stereocenters. The second-order valence-electron chi connectivity index (χ2n) is 5.33. The topological polar surface area (TPSA) is 63.2 Å². The predicted molar refractivity (Wildman–Crippen MR) is 78.9 cm³/mol. The van der Waals surface area contributed by atoms with Crippen LogP contribution in [0.3, 0.4) is 0 Å². The van der Waals surface area contributed by atoms with Crippen molar-refractivity contribution < 1.29 is 9.53 Å². The van der Waals surface area contributed by atoms with Gasteiger partial charge in [0.15, 0.2) is 0 Å². The Labute approximate surface area is 120 Å². The molecule has 5 nitrogen and oxygen atoms in total. The van der Waals surface area contributed by atoms with Crippen LogP contribution < -0.4 is 15.4 Å². The summed E-state index contributed by atoms with van der Waals surface area (Å²) in [5, 5.41) is 6.34. The van der Waals surface area contributed by atoms with Crippen molar-refractivity contribution in [1.29, 1.82) is 0 Å². The molecule has 20 heavy (non-hydrogen) atoms. The molecule has 2 heterocycles. The lowest BCUT2D eigenvalue weighted by Gasteiger charge is -2.36. The van der Waals surface area contributed by atoms with Gasteiger partial charge < -0.3 is 15.4 Å². The molecule has 0 radical (unpaired) electrons. The molecule has 0 aromatic carbocycles. The third-order valence-corrected chi connectivity index (χ3v) is 3.90. The maximum absolute atomic E-state index is 12.7. The number of carbonyl (C=O) groups is 1. The Morgan fingerprint density at radius 3 is 3.10 bits per heavy atom. The van der Waals surface area contributed by atoms with Gasteiger partial charge in [0.2, 0.25) is 11.8 Å². The minimum atomic E-state index is -0.312. The van der Waals surface area contributed by atoms with Crippen molar-refractivity contribution in [2.75, 3.05) is 25.5 Å². The van der Waals surface area contributed by atoms with E-state index in [1.165, 1.54) is 0 Å². The molecule has 1 saturated heterocycles. The number of nitrogens with zero attached hydrogens (tertiary/aromatic N) is 1. The summed E-state index contributed by atoms with van der Waals surface area (Å²) < 4.78 is 5.18. The normalized spacial score (nSPS) is 22.3. The molecule has 2 N–H and O–H groups in total. The molecule has 1 aromatic heterocycles. The summed E-state index contributed by atoms with van der Waals surface area (Å²) >= 11 is 0. The Kier molecular flexibility index (Phi) is 4.95. The van der Waals surface area contributed by atoms with E-state index in [4.69, 9.17) is 4.74 Å². The van der Waals surface area contributed by atoms with Crippen molar-refractivity contribution in [2.24, 2.45) is 5.41 Å². The van der Waals surface area contributed by atoms with Gasteiger partial charge in [0.05, 0.1) is 12.5 Å². The first-order chi connectivity index (χ1) is 9.72. The molecular weight excluding hydrogens is 254 g/mol. The van der Waals surface area contributed by atoms with E-state index in [0.717, 1.165) is 38.8 Å². The second kappa shape index (κ2) is 6.70. The molecule has 1 fully saturated rings. The number of piperidine rings is 1. The Balaban J connectivity index is 2.16. The van der Waals surface area contributed by atoms with Crippen LogP contribution in [0.2, 0.25) is 0 Å². The molecule has 1 atom stereocenters. The fourth-order valence-electron chi connectivity index (χ4n) is 2.87. The monoisotopic (exact) mass is 277 g/mol. The van der Waals surface area contributed by atoms with E-state index < -0.39 is 0 Å². The summed E-state index contributed by atoms with van der Waals surface area (Å²) in [5.41, 5.74) is 0.328. The first-order valence-corrected chi connectivity index (χ1v) is 7.23. The number of pyridine rings is 1.